The maximum absolute atomic E-state index is 12.2. The van der Waals surface area contributed by atoms with E-state index in [0.29, 0.717) is 6.42 Å². The summed E-state index contributed by atoms with van der Waals surface area (Å²) in [4.78, 5) is 9.84. The highest BCUT2D eigenvalue weighted by atomic mass is 32.2. The first-order chi connectivity index (χ1) is 9.94. The Bertz CT molecular complexity index is 677. The summed E-state index contributed by atoms with van der Waals surface area (Å²) in [6.45, 7) is 0. The summed E-state index contributed by atoms with van der Waals surface area (Å²) in [7, 11) is -4.06. The summed E-state index contributed by atoms with van der Waals surface area (Å²) >= 11 is 0. The Morgan fingerprint density at radius 3 is 2.71 bits per heavy atom. The van der Waals surface area contributed by atoms with Crippen molar-refractivity contribution in [2.75, 3.05) is 0 Å². The van der Waals surface area contributed by atoms with Gasteiger partial charge in [0.1, 0.15) is 4.90 Å². The Labute approximate surface area is 123 Å². The van der Waals surface area contributed by atoms with Gasteiger partial charge in [0.15, 0.2) is 0 Å². The Kier molecular flexibility index (Phi) is 4.60. The zero-order valence-corrected chi connectivity index (χ0v) is 12.1. The molecule has 0 bridgehead atoms. The molecule has 1 saturated carbocycles. The van der Waals surface area contributed by atoms with Gasteiger partial charge in [0.25, 0.3) is 15.8 Å². The van der Waals surface area contributed by atoms with Crippen LogP contribution in [-0.2, 0) is 14.3 Å². The van der Waals surface area contributed by atoms with Crippen molar-refractivity contribution in [2.45, 2.75) is 36.7 Å². The summed E-state index contributed by atoms with van der Waals surface area (Å²) in [5, 5.41) is 10.7. The van der Waals surface area contributed by atoms with Crippen LogP contribution in [0.2, 0.25) is 0 Å². The van der Waals surface area contributed by atoms with Crippen molar-refractivity contribution >= 4 is 15.8 Å². The second-order valence-corrected chi connectivity index (χ2v) is 6.47. The lowest BCUT2D eigenvalue weighted by molar-refractivity contribution is -0.385. The van der Waals surface area contributed by atoms with E-state index in [4.69, 9.17) is 10.6 Å². The van der Waals surface area contributed by atoms with Crippen molar-refractivity contribution in [1.29, 1.82) is 0 Å². The Morgan fingerprint density at radius 2 is 2.05 bits per heavy atom. The van der Waals surface area contributed by atoms with Gasteiger partial charge in [0, 0.05) is 18.1 Å². The monoisotopic (exact) mass is 309 g/mol. The Morgan fingerprint density at radius 1 is 1.33 bits per heavy atom. The lowest BCUT2D eigenvalue weighted by atomic mass is 9.87. The highest BCUT2D eigenvalue weighted by Gasteiger charge is 2.30. The topological polar surface area (TPSA) is 86.5 Å². The molecule has 21 heavy (non-hydrogen) atoms. The third-order valence-electron chi connectivity index (χ3n) is 3.48. The normalized spacial score (nSPS) is 22.4. The molecule has 1 aliphatic rings. The third-order valence-corrected chi connectivity index (χ3v) is 4.82. The van der Waals surface area contributed by atoms with Gasteiger partial charge in [-0.25, -0.2) is 0 Å². The van der Waals surface area contributed by atoms with Crippen molar-refractivity contribution < 1.29 is 17.5 Å². The molecule has 1 aromatic rings. The number of nitro groups is 1. The van der Waals surface area contributed by atoms with Crippen LogP contribution >= 0.6 is 0 Å². The fourth-order valence-corrected chi connectivity index (χ4v) is 3.55. The Hall–Kier alpha value is -1.91. The van der Waals surface area contributed by atoms with E-state index in [2.05, 4.69) is 5.92 Å². The zero-order valence-electron chi connectivity index (χ0n) is 11.3. The number of benzene rings is 1. The molecule has 0 radical (unpaired) electrons. The van der Waals surface area contributed by atoms with Crippen LogP contribution in [0.5, 0.6) is 0 Å². The molecule has 0 unspecified atom stereocenters. The van der Waals surface area contributed by atoms with Crippen LogP contribution in [0.1, 0.15) is 25.7 Å². The quantitative estimate of drug-likeness (QED) is 0.369. The first-order valence-electron chi connectivity index (χ1n) is 6.58. The fourth-order valence-electron chi connectivity index (χ4n) is 2.37. The lowest BCUT2D eigenvalue weighted by Gasteiger charge is -2.27. The minimum Gasteiger partial charge on any atom is -0.262 e. The van der Waals surface area contributed by atoms with E-state index >= 15 is 0 Å². The summed E-state index contributed by atoms with van der Waals surface area (Å²) in [6.07, 6.45) is 7.94. The number of nitrogens with zero attached hydrogens (tertiary/aromatic N) is 1. The molecule has 0 N–H and O–H groups in total. The molecular weight excluding hydrogens is 294 g/mol. The van der Waals surface area contributed by atoms with E-state index in [9.17, 15) is 18.5 Å². The van der Waals surface area contributed by atoms with E-state index in [0.717, 1.165) is 25.3 Å². The number of rotatable bonds is 4. The molecule has 6 nitrogen and oxygen atoms in total. The lowest BCUT2D eigenvalue weighted by Crippen LogP contribution is -2.29. The van der Waals surface area contributed by atoms with Crippen molar-refractivity contribution in [3.63, 3.8) is 0 Å². The van der Waals surface area contributed by atoms with Crippen LogP contribution in [0.15, 0.2) is 29.2 Å². The highest BCUT2D eigenvalue weighted by molar-refractivity contribution is 7.86. The largest absolute Gasteiger partial charge is 0.297 e. The Balaban J connectivity index is 2.24. The first-order valence-corrected chi connectivity index (χ1v) is 7.99. The molecular formula is C14H15NO5S. The molecule has 0 heterocycles. The van der Waals surface area contributed by atoms with Crippen molar-refractivity contribution in [1.82, 2.24) is 0 Å². The summed E-state index contributed by atoms with van der Waals surface area (Å²) < 4.78 is 29.7. The number of hydrogen-bond acceptors (Lipinski definition) is 5. The average molecular weight is 309 g/mol. The number of nitro benzene ring substituents is 1. The smallest absolute Gasteiger partial charge is 0.262 e. The van der Waals surface area contributed by atoms with Gasteiger partial charge in [0.05, 0.1) is 11.0 Å². The van der Waals surface area contributed by atoms with Crippen molar-refractivity contribution in [2.24, 2.45) is 5.92 Å². The number of non-ortho nitro benzene ring substituents is 1. The van der Waals surface area contributed by atoms with Gasteiger partial charge >= 0.3 is 0 Å². The second-order valence-electron chi connectivity index (χ2n) is 4.90. The van der Waals surface area contributed by atoms with Crippen LogP contribution in [0, 0.1) is 28.4 Å². The molecule has 0 amide bonds. The molecule has 2 atom stereocenters. The summed E-state index contributed by atoms with van der Waals surface area (Å²) in [5.74, 6) is 2.32. The molecule has 1 aromatic carbocycles. The zero-order chi connectivity index (χ0) is 15.5. The average Bonchev–Trinajstić information content (AvgIpc) is 2.47. The molecule has 2 rings (SSSR count). The first kappa shape index (κ1) is 15.5. The van der Waals surface area contributed by atoms with Gasteiger partial charge in [-0.15, -0.1) is 12.3 Å². The van der Waals surface area contributed by atoms with Gasteiger partial charge < -0.3 is 0 Å². The van der Waals surface area contributed by atoms with Gasteiger partial charge in [-0.1, -0.05) is 18.9 Å². The minimum absolute atomic E-state index is 0.224. The SMILES string of the molecule is C#C[C@@H]1CCCC[C@H]1OS(=O)(=O)c1cccc([N+](=O)[O-])c1. The number of hydrogen-bond donors (Lipinski definition) is 0. The molecule has 1 aliphatic carbocycles. The predicted molar refractivity (Wildman–Crippen MR) is 75.9 cm³/mol. The second kappa shape index (κ2) is 6.24. The van der Waals surface area contributed by atoms with Gasteiger partial charge in [-0.2, -0.15) is 8.42 Å². The van der Waals surface area contributed by atoms with Crippen molar-refractivity contribution in [3.05, 3.63) is 34.4 Å². The standard InChI is InChI=1S/C14H15NO5S/c1-2-11-6-3-4-9-14(11)20-21(18,19)13-8-5-7-12(10-13)15(16)17/h1,5,7-8,10-11,14H,3-4,6,9H2/t11-,14-/m1/s1. The molecule has 7 heteroatoms. The molecule has 1 fully saturated rings. The van der Waals surface area contributed by atoms with Gasteiger partial charge in [-0.3, -0.25) is 14.3 Å². The van der Waals surface area contributed by atoms with Crippen LogP contribution in [0.3, 0.4) is 0 Å². The molecule has 112 valence electrons. The summed E-state index contributed by atoms with van der Waals surface area (Å²) in [6, 6.07) is 4.80. The van der Waals surface area contributed by atoms with E-state index < -0.39 is 21.1 Å². The molecule has 0 aliphatic heterocycles. The van der Waals surface area contributed by atoms with Crippen LogP contribution in [-0.4, -0.2) is 19.4 Å². The van der Waals surface area contributed by atoms with E-state index in [1.54, 1.807) is 0 Å². The maximum atomic E-state index is 12.2. The van der Waals surface area contributed by atoms with Crippen LogP contribution < -0.4 is 0 Å². The van der Waals surface area contributed by atoms with Gasteiger partial charge in [-0.05, 0) is 18.9 Å². The van der Waals surface area contributed by atoms with E-state index in [1.165, 1.54) is 18.2 Å². The van der Waals surface area contributed by atoms with Crippen LogP contribution in [0.25, 0.3) is 0 Å². The maximum Gasteiger partial charge on any atom is 0.297 e. The molecule has 0 saturated heterocycles. The van der Waals surface area contributed by atoms with Crippen LogP contribution in [0.4, 0.5) is 5.69 Å². The fraction of sp³-hybridized carbons (Fsp3) is 0.429. The van der Waals surface area contributed by atoms with E-state index in [-0.39, 0.29) is 16.5 Å². The summed E-state index contributed by atoms with van der Waals surface area (Å²) in [5.41, 5.74) is -0.295. The van der Waals surface area contributed by atoms with E-state index in [1.807, 2.05) is 0 Å². The minimum atomic E-state index is -4.06. The predicted octanol–water partition coefficient (Wildman–Crippen LogP) is 2.49. The van der Waals surface area contributed by atoms with Crippen molar-refractivity contribution in [3.8, 4) is 12.3 Å². The number of terminal acetylenes is 1. The highest BCUT2D eigenvalue weighted by Crippen LogP contribution is 2.29. The third kappa shape index (κ3) is 3.60. The molecule has 0 spiro atoms. The molecule has 0 aromatic heterocycles. The van der Waals surface area contributed by atoms with Gasteiger partial charge in [0.2, 0.25) is 0 Å².